The summed E-state index contributed by atoms with van der Waals surface area (Å²) in [6.45, 7) is 2.68. The van der Waals surface area contributed by atoms with Crippen molar-refractivity contribution in [2.24, 2.45) is 5.73 Å². The summed E-state index contributed by atoms with van der Waals surface area (Å²) >= 11 is 1.63. The Morgan fingerprint density at radius 1 is 1.41 bits per heavy atom. The molecule has 0 bridgehead atoms. The van der Waals surface area contributed by atoms with E-state index in [1.807, 2.05) is 17.5 Å². The van der Waals surface area contributed by atoms with Crippen LogP contribution in [0, 0.1) is 11.3 Å². The third kappa shape index (κ3) is 2.52. The molecule has 0 saturated heterocycles. The van der Waals surface area contributed by atoms with Crippen molar-refractivity contribution in [2.45, 2.75) is 12.8 Å². The third-order valence-corrected chi connectivity index (χ3v) is 3.68. The summed E-state index contributed by atoms with van der Waals surface area (Å²) in [5, 5.41) is 11.8. The van der Waals surface area contributed by atoms with Gasteiger partial charge >= 0.3 is 0 Å². The predicted molar refractivity (Wildman–Crippen MR) is 69.7 cm³/mol. The monoisotopic (exact) mass is 243 g/mol. The first-order valence-corrected chi connectivity index (χ1v) is 6.28. The van der Waals surface area contributed by atoms with E-state index in [2.05, 4.69) is 18.0 Å². The summed E-state index contributed by atoms with van der Waals surface area (Å²) in [6.07, 6.45) is 0. The van der Waals surface area contributed by atoms with Gasteiger partial charge in [0.25, 0.3) is 0 Å². The van der Waals surface area contributed by atoms with Crippen LogP contribution in [0.1, 0.15) is 23.4 Å². The molecule has 0 saturated carbocycles. The Hall–Kier alpha value is -1.70. The fourth-order valence-electron chi connectivity index (χ4n) is 1.46. The fraction of sp³-hybridized carbons (Fsp3) is 0.231. The van der Waals surface area contributed by atoms with E-state index < -0.39 is 0 Å². The molecule has 86 valence electrons. The number of thiazole rings is 1. The zero-order valence-electron chi connectivity index (χ0n) is 9.55. The van der Waals surface area contributed by atoms with Gasteiger partial charge in [-0.25, -0.2) is 4.98 Å². The molecule has 2 N–H and O–H groups in total. The summed E-state index contributed by atoms with van der Waals surface area (Å²) in [5.74, 6) is 0.298. The molecule has 0 aliphatic heterocycles. The van der Waals surface area contributed by atoms with Gasteiger partial charge in [0, 0.05) is 23.4 Å². The van der Waals surface area contributed by atoms with E-state index in [4.69, 9.17) is 11.0 Å². The van der Waals surface area contributed by atoms with Crippen LogP contribution >= 0.6 is 11.3 Å². The molecule has 0 aliphatic carbocycles. The summed E-state index contributed by atoms with van der Waals surface area (Å²) in [5.41, 5.74) is 8.28. The smallest absolute Gasteiger partial charge is 0.0991 e. The molecular weight excluding hydrogens is 230 g/mol. The second-order valence-electron chi connectivity index (χ2n) is 3.90. The molecule has 4 heteroatoms. The van der Waals surface area contributed by atoms with Crippen molar-refractivity contribution in [3.05, 3.63) is 40.2 Å². The van der Waals surface area contributed by atoms with Crippen molar-refractivity contribution in [2.75, 3.05) is 6.54 Å². The Morgan fingerprint density at radius 3 is 2.71 bits per heavy atom. The van der Waals surface area contributed by atoms with E-state index in [-0.39, 0.29) is 0 Å². The number of aromatic nitrogens is 1. The van der Waals surface area contributed by atoms with Gasteiger partial charge in [-0.3, -0.25) is 0 Å². The van der Waals surface area contributed by atoms with Crippen molar-refractivity contribution in [1.29, 1.82) is 5.26 Å². The van der Waals surface area contributed by atoms with Crippen LogP contribution in [0.4, 0.5) is 0 Å². The molecule has 1 atom stereocenters. The number of hydrogen-bond donors (Lipinski definition) is 1. The molecule has 2 rings (SSSR count). The molecule has 0 fully saturated rings. The number of nitrogens with two attached hydrogens (primary N) is 1. The van der Waals surface area contributed by atoms with E-state index in [1.165, 1.54) is 0 Å². The van der Waals surface area contributed by atoms with Crippen LogP contribution in [-0.2, 0) is 0 Å². The van der Waals surface area contributed by atoms with E-state index in [0.717, 1.165) is 16.3 Å². The number of hydrogen-bond acceptors (Lipinski definition) is 4. The number of rotatable bonds is 3. The fourth-order valence-corrected chi connectivity index (χ4v) is 2.36. The quantitative estimate of drug-likeness (QED) is 0.901. The highest BCUT2D eigenvalue weighted by atomic mass is 32.1. The molecule has 17 heavy (non-hydrogen) atoms. The Balaban J connectivity index is 2.28. The van der Waals surface area contributed by atoms with E-state index in [1.54, 1.807) is 23.5 Å². The number of benzene rings is 1. The minimum absolute atomic E-state index is 0.298. The molecule has 0 amide bonds. The van der Waals surface area contributed by atoms with Gasteiger partial charge in [0.2, 0.25) is 0 Å². The highest BCUT2D eigenvalue weighted by Gasteiger charge is 2.09. The molecular formula is C13H13N3S. The molecule has 2 aromatic rings. The molecule has 0 radical (unpaired) electrons. The van der Waals surface area contributed by atoms with Crippen molar-refractivity contribution in [1.82, 2.24) is 4.98 Å². The summed E-state index contributed by atoms with van der Waals surface area (Å²) in [6, 6.07) is 9.56. The lowest BCUT2D eigenvalue weighted by molar-refractivity contribution is 0.766. The molecule has 1 aromatic heterocycles. The lowest BCUT2D eigenvalue weighted by Crippen LogP contribution is -2.08. The summed E-state index contributed by atoms with van der Waals surface area (Å²) in [4.78, 5) is 4.56. The standard InChI is InChI=1S/C13H13N3S/c1-9(6-14)13-16-12(8-17-13)11-4-2-10(7-15)3-5-11/h2-5,8-9H,6,14H2,1H3. The van der Waals surface area contributed by atoms with Gasteiger partial charge in [-0.15, -0.1) is 11.3 Å². The third-order valence-electron chi connectivity index (χ3n) is 2.61. The zero-order chi connectivity index (χ0) is 12.3. The van der Waals surface area contributed by atoms with Gasteiger partial charge in [0.05, 0.1) is 22.3 Å². The van der Waals surface area contributed by atoms with Crippen LogP contribution in [0.5, 0.6) is 0 Å². The van der Waals surface area contributed by atoms with Gasteiger partial charge in [-0.2, -0.15) is 5.26 Å². The van der Waals surface area contributed by atoms with Crippen molar-refractivity contribution in [3.8, 4) is 17.3 Å². The second-order valence-corrected chi connectivity index (χ2v) is 4.79. The van der Waals surface area contributed by atoms with Gasteiger partial charge in [-0.1, -0.05) is 19.1 Å². The SMILES string of the molecule is CC(CN)c1nc(-c2ccc(C#N)cc2)cs1. The molecule has 0 spiro atoms. The Morgan fingerprint density at radius 2 is 2.12 bits per heavy atom. The average molecular weight is 243 g/mol. The Labute approximate surface area is 105 Å². The predicted octanol–water partition coefficient (Wildman–Crippen LogP) is 2.74. The van der Waals surface area contributed by atoms with Crippen molar-refractivity contribution < 1.29 is 0 Å². The highest BCUT2D eigenvalue weighted by Crippen LogP contribution is 2.26. The zero-order valence-corrected chi connectivity index (χ0v) is 10.4. The maximum atomic E-state index is 8.73. The molecule has 1 aromatic carbocycles. The van der Waals surface area contributed by atoms with Gasteiger partial charge in [-0.05, 0) is 12.1 Å². The first-order chi connectivity index (χ1) is 8.24. The topological polar surface area (TPSA) is 62.7 Å². The minimum atomic E-state index is 0.298. The maximum Gasteiger partial charge on any atom is 0.0991 e. The largest absolute Gasteiger partial charge is 0.330 e. The Bertz CT molecular complexity index is 537. The van der Waals surface area contributed by atoms with E-state index in [9.17, 15) is 0 Å². The number of nitrogens with zero attached hydrogens (tertiary/aromatic N) is 2. The van der Waals surface area contributed by atoms with Crippen molar-refractivity contribution in [3.63, 3.8) is 0 Å². The summed E-state index contributed by atoms with van der Waals surface area (Å²) < 4.78 is 0. The van der Waals surface area contributed by atoms with Gasteiger partial charge in [0.15, 0.2) is 0 Å². The lowest BCUT2D eigenvalue weighted by atomic mass is 10.1. The van der Waals surface area contributed by atoms with Crippen LogP contribution in [0.15, 0.2) is 29.6 Å². The normalized spacial score (nSPS) is 12.1. The van der Waals surface area contributed by atoms with Crippen LogP contribution < -0.4 is 5.73 Å². The minimum Gasteiger partial charge on any atom is -0.330 e. The Kier molecular flexibility index (Phi) is 3.52. The van der Waals surface area contributed by atoms with Crippen LogP contribution in [0.25, 0.3) is 11.3 Å². The highest BCUT2D eigenvalue weighted by molar-refractivity contribution is 7.10. The average Bonchev–Trinajstić information content (AvgIpc) is 2.87. The molecule has 0 aliphatic rings. The number of nitriles is 1. The van der Waals surface area contributed by atoms with E-state index >= 15 is 0 Å². The summed E-state index contributed by atoms with van der Waals surface area (Å²) in [7, 11) is 0. The first kappa shape index (κ1) is 11.8. The van der Waals surface area contributed by atoms with Gasteiger partial charge < -0.3 is 5.73 Å². The lowest BCUT2D eigenvalue weighted by Gasteiger charge is -2.02. The van der Waals surface area contributed by atoms with Crippen molar-refractivity contribution >= 4 is 11.3 Å². The van der Waals surface area contributed by atoms with Crippen LogP contribution in [0.3, 0.4) is 0 Å². The van der Waals surface area contributed by atoms with Crippen LogP contribution in [0.2, 0.25) is 0 Å². The first-order valence-electron chi connectivity index (χ1n) is 5.40. The van der Waals surface area contributed by atoms with E-state index in [0.29, 0.717) is 18.0 Å². The molecule has 1 heterocycles. The second kappa shape index (κ2) is 5.09. The van der Waals surface area contributed by atoms with Gasteiger partial charge in [0.1, 0.15) is 0 Å². The molecule has 1 unspecified atom stereocenters. The molecule has 3 nitrogen and oxygen atoms in total. The van der Waals surface area contributed by atoms with Crippen LogP contribution in [-0.4, -0.2) is 11.5 Å². The maximum absolute atomic E-state index is 8.73.